The van der Waals surface area contributed by atoms with Gasteiger partial charge >= 0.3 is 0 Å². The quantitative estimate of drug-likeness (QED) is 0.498. The summed E-state index contributed by atoms with van der Waals surface area (Å²) >= 11 is 2.30. The number of hydrogen-bond donors (Lipinski definition) is 0. The van der Waals surface area contributed by atoms with Crippen LogP contribution in [-0.4, -0.2) is 10.5 Å². The first-order chi connectivity index (χ1) is 4.39. The van der Waals surface area contributed by atoms with Crippen molar-refractivity contribution in [1.29, 1.82) is 0 Å². The van der Waals surface area contributed by atoms with Crippen LogP contribution in [0.15, 0.2) is 0 Å². The Bertz CT molecular complexity index is 149. The Balaban J connectivity index is 1.96. The number of hydrogen-bond acceptors (Lipinski definition) is 1. The highest BCUT2D eigenvalue weighted by atomic mass is 32.2. The predicted octanol–water partition coefficient (Wildman–Crippen LogP) is 2.43. The van der Waals surface area contributed by atoms with Gasteiger partial charge in [-0.1, -0.05) is 0 Å². The molecule has 2 saturated heterocycles. The molecule has 1 saturated carbocycles. The van der Waals surface area contributed by atoms with Gasteiger partial charge in [0.1, 0.15) is 0 Å². The van der Waals surface area contributed by atoms with Crippen molar-refractivity contribution >= 4 is 11.8 Å². The van der Waals surface area contributed by atoms with Crippen molar-refractivity contribution < 1.29 is 0 Å². The second-order valence-corrected chi connectivity index (χ2v) is 5.40. The van der Waals surface area contributed by atoms with Crippen LogP contribution in [0.3, 0.4) is 0 Å². The Labute approximate surface area is 60.4 Å². The molecule has 1 spiro atoms. The minimum Gasteiger partial charge on any atom is -0.155 e. The first-order valence-electron chi connectivity index (χ1n) is 4.05. The molecule has 3 rings (SSSR count). The van der Waals surface area contributed by atoms with Crippen LogP contribution in [0.2, 0.25) is 0 Å². The fourth-order valence-electron chi connectivity index (χ4n) is 2.58. The third kappa shape index (κ3) is 0.524. The van der Waals surface area contributed by atoms with Gasteiger partial charge in [-0.2, -0.15) is 11.8 Å². The highest BCUT2D eigenvalue weighted by Crippen LogP contribution is 2.68. The molecule has 9 heavy (non-hydrogen) atoms. The van der Waals surface area contributed by atoms with E-state index in [1.165, 1.54) is 6.42 Å². The molecular weight excluding hydrogens is 128 g/mol. The van der Waals surface area contributed by atoms with Gasteiger partial charge in [0.15, 0.2) is 0 Å². The molecular formula is C8H12S. The summed E-state index contributed by atoms with van der Waals surface area (Å²) in [5, 5.41) is 2.21. The summed E-state index contributed by atoms with van der Waals surface area (Å²) in [4.78, 5) is 0. The van der Waals surface area contributed by atoms with Crippen LogP contribution in [0, 0.1) is 5.41 Å². The fourth-order valence-corrected chi connectivity index (χ4v) is 4.64. The largest absolute Gasteiger partial charge is 0.155 e. The van der Waals surface area contributed by atoms with Crippen molar-refractivity contribution in [1.82, 2.24) is 0 Å². The Kier molecular flexibility index (Phi) is 0.753. The van der Waals surface area contributed by atoms with Gasteiger partial charge in [-0.3, -0.25) is 0 Å². The maximum atomic E-state index is 2.30. The zero-order chi connectivity index (χ0) is 5.90. The summed E-state index contributed by atoms with van der Waals surface area (Å²) in [7, 11) is 0. The van der Waals surface area contributed by atoms with Crippen LogP contribution in [0.25, 0.3) is 0 Å². The summed E-state index contributed by atoms with van der Waals surface area (Å²) in [5.74, 6) is 0. The summed E-state index contributed by atoms with van der Waals surface area (Å²) in [6.45, 7) is 0. The molecule has 3 fully saturated rings. The zero-order valence-electron chi connectivity index (χ0n) is 5.60. The van der Waals surface area contributed by atoms with Crippen LogP contribution in [-0.2, 0) is 0 Å². The lowest BCUT2D eigenvalue weighted by molar-refractivity contribution is 0.394. The average molecular weight is 140 g/mol. The standard InChI is InChI=1S/C8H12S/c1-2-7-8(3-4-8)5-6(1)9-7/h6-7H,1-5H2. The predicted molar refractivity (Wildman–Crippen MR) is 40.7 cm³/mol. The van der Waals surface area contributed by atoms with E-state index in [0.29, 0.717) is 0 Å². The van der Waals surface area contributed by atoms with E-state index in [9.17, 15) is 0 Å². The molecule has 2 bridgehead atoms. The molecule has 50 valence electrons. The summed E-state index contributed by atoms with van der Waals surface area (Å²) in [6.07, 6.45) is 7.82. The van der Waals surface area contributed by atoms with E-state index >= 15 is 0 Å². The Morgan fingerprint density at radius 3 is 2.44 bits per heavy atom. The van der Waals surface area contributed by atoms with Crippen LogP contribution in [0.5, 0.6) is 0 Å². The summed E-state index contributed by atoms with van der Waals surface area (Å²) < 4.78 is 0. The molecule has 0 aromatic carbocycles. The first-order valence-corrected chi connectivity index (χ1v) is 4.99. The van der Waals surface area contributed by atoms with Gasteiger partial charge in [-0.05, 0) is 37.5 Å². The average Bonchev–Trinajstić information content (AvgIpc) is 2.40. The molecule has 2 heterocycles. The molecule has 1 aliphatic carbocycles. The third-order valence-corrected chi connectivity index (χ3v) is 5.17. The number of fused-ring (bicyclic) bond motifs is 3. The first kappa shape index (κ1) is 5.06. The van der Waals surface area contributed by atoms with Crippen LogP contribution >= 0.6 is 11.8 Å². The molecule has 0 nitrogen and oxygen atoms in total. The Morgan fingerprint density at radius 2 is 2.11 bits per heavy atom. The lowest BCUT2D eigenvalue weighted by Gasteiger charge is -2.17. The molecule has 0 aromatic rings. The van der Waals surface area contributed by atoms with Gasteiger partial charge in [-0.25, -0.2) is 0 Å². The van der Waals surface area contributed by atoms with Gasteiger partial charge < -0.3 is 0 Å². The van der Waals surface area contributed by atoms with Crippen molar-refractivity contribution in [2.24, 2.45) is 5.41 Å². The van der Waals surface area contributed by atoms with Gasteiger partial charge in [0.25, 0.3) is 0 Å². The maximum Gasteiger partial charge on any atom is 0.0107 e. The smallest absolute Gasteiger partial charge is 0.0107 e. The topological polar surface area (TPSA) is 0 Å². The molecule has 2 unspecified atom stereocenters. The van der Waals surface area contributed by atoms with Gasteiger partial charge in [0.2, 0.25) is 0 Å². The summed E-state index contributed by atoms with van der Waals surface area (Å²) in [6, 6.07) is 0. The van der Waals surface area contributed by atoms with Crippen LogP contribution in [0.4, 0.5) is 0 Å². The van der Waals surface area contributed by atoms with Gasteiger partial charge in [0.05, 0.1) is 0 Å². The molecule has 3 aliphatic rings. The van der Waals surface area contributed by atoms with Crippen LogP contribution < -0.4 is 0 Å². The molecule has 2 atom stereocenters. The minimum atomic E-state index is 0.924. The van der Waals surface area contributed by atoms with E-state index in [2.05, 4.69) is 11.8 Å². The van der Waals surface area contributed by atoms with Crippen molar-refractivity contribution in [3.05, 3.63) is 0 Å². The maximum absolute atomic E-state index is 2.30. The third-order valence-electron chi connectivity index (χ3n) is 3.32. The minimum absolute atomic E-state index is 0.924. The second-order valence-electron chi connectivity index (χ2n) is 3.89. The van der Waals surface area contributed by atoms with E-state index in [4.69, 9.17) is 0 Å². The lowest BCUT2D eigenvalue weighted by Crippen LogP contribution is -2.15. The SMILES string of the molecule is C1CC2SC1CC21CC1. The fraction of sp³-hybridized carbons (Fsp3) is 1.00. The Hall–Kier alpha value is 0.350. The second kappa shape index (κ2) is 1.34. The van der Waals surface area contributed by atoms with E-state index < -0.39 is 0 Å². The van der Waals surface area contributed by atoms with Gasteiger partial charge in [-0.15, -0.1) is 0 Å². The highest BCUT2D eigenvalue weighted by Gasteiger charge is 2.58. The molecule has 0 radical (unpaired) electrons. The number of rotatable bonds is 0. The molecule has 0 aromatic heterocycles. The lowest BCUT2D eigenvalue weighted by atomic mass is 9.87. The van der Waals surface area contributed by atoms with E-state index in [-0.39, 0.29) is 0 Å². The van der Waals surface area contributed by atoms with Crippen molar-refractivity contribution in [2.75, 3.05) is 0 Å². The number of thioether (sulfide) groups is 1. The van der Waals surface area contributed by atoms with Crippen molar-refractivity contribution in [3.63, 3.8) is 0 Å². The van der Waals surface area contributed by atoms with E-state index in [1.807, 2.05) is 0 Å². The monoisotopic (exact) mass is 140 g/mol. The van der Waals surface area contributed by atoms with E-state index in [0.717, 1.165) is 15.9 Å². The zero-order valence-corrected chi connectivity index (χ0v) is 6.41. The Morgan fingerprint density at radius 1 is 1.22 bits per heavy atom. The summed E-state index contributed by atoms with van der Waals surface area (Å²) in [5.41, 5.74) is 0.924. The normalized spacial score (nSPS) is 50.7. The molecule has 0 amide bonds. The van der Waals surface area contributed by atoms with Crippen LogP contribution in [0.1, 0.15) is 32.1 Å². The van der Waals surface area contributed by atoms with Crippen molar-refractivity contribution in [2.45, 2.75) is 42.6 Å². The van der Waals surface area contributed by atoms with Gasteiger partial charge in [0, 0.05) is 10.5 Å². The molecule has 1 heteroatoms. The molecule has 2 aliphatic heterocycles. The highest BCUT2D eigenvalue weighted by molar-refractivity contribution is 8.01. The van der Waals surface area contributed by atoms with Crippen molar-refractivity contribution in [3.8, 4) is 0 Å². The van der Waals surface area contributed by atoms with E-state index in [1.54, 1.807) is 25.7 Å². The molecule has 0 N–H and O–H groups in total.